The predicted octanol–water partition coefficient (Wildman–Crippen LogP) is 3.06. The number of thioether (sulfide) groups is 1. The summed E-state index contributed by atoms with van der Waals surface area (Å²) in [6.07, 6.45) is 7.95. The Balaban J connectivity index is 1.02. The molecule has 0 aromatic rings. The minimum Gasteiger partial charge on any atom is -0.458 e. The van der Waals surface area contributed by atoms with Crippen LogP contribution in [0, 0.1) is 28.6 Å². The van der Waals surface area contributed by atoms with Gasteiger partial charge in [0.2, 0.25) is 5.78 Å². The summed E-state index contributed by atoms with van der Waals surface area (Å²) in [5, 5.41) is 29.6. The first-order valence-corrected chi connectivity index (χ1v) is 16.5. The summed E-state index contributed by atoms with van der Waals surface area (Å²) in [6.45, 7) is 3.68. The van der Waals surface area contributed by atoms with Crippen LogP contribution in [0.2, 0.25) is 0 Å². The molecule has 2 saturated heterocycles. The van der Waals surface area contributed by atoms with Gasteiger partial charge in [0.1, 0.15) is 5.60 Å². The van der Waals surface area contributed by atoms with Crippen molar-refractivity contribution >= 4 is 35.3 Å². The molecule has 226 valence electrons. The van der Waals surface area contributed by atoms with E-state index in [-0.39, 0.29) is 53.5 Å². The molecule has 0 unspecified atom stereocenters. The zero-order chi connectivity index (χ0) is 29.2. The number of hydrogen-bond acceptors (Lipinski definition) is 8. The summed E-state index contributed by atoms with van der Waals surface area (Å²) in [4.78, 5) is 49.6. The van der Waals surface area contributed by atoms with E-state index in [9.17, 15) is 29.4 Å². The van der Waals surface area contributed by atoms with Crippen LogP contribution in [-0.4, -0.2) is 75.2 Å². The van der Waals surface area contributed by atoms with Gasteiger partial charge in [0.25, 0.3) is 0 Å². The Morgan fingerprint density at radius 2 is 1.93 bits per heavy atom. The van der Waals surface area contributed by atoms with Gasteiger partial charge in [0.15, 0.2) is 12.4 Å². The van der Waals surface area contributed by atoms with E-state index >= 15 is 0 Å². The predicted molar refractivity (Wildman–Crippen MR) is 153 cm³/mol. The summed E-state index contributed by atoms with van der Waals surface area (Å²) in [7, 11) is 0. The van der Waals surface area contributed by atoms with E-state index in [0.29, 0.717) is 37.4 Å². The number of allylic oxidation sites excluding steroid dienone is 1. The SMILES string of the molecule is C[C@]12CCC(=O)C=C1CC[C@@H]1[C@@H]2[C@@H](O)C[C@@]2(C)[C@H]1CC[C@]2(O)C(=O)COC(=O)CCCC[C@@H]1SC[C@@H]2NC(=O)N[C@@H]21. The van der Waals surface area contributed by atoms with Gasteiger partial charge in [-0.15, -0.1) is 0 Å². The number of urea groups is 1. The number of aliphatic hydroxyl groups excluding tert-OH is 1. The van der Waals surface area contributed by atoms with Crippen LogP contribution in [-0.2, 0) is 19.1 Å². The van der Waals surface area contributed by atoms with Crippen molar-refractivity contribution in [1.82, 2.24) is 10.6 Å². The number of esters is 1. The molecule has 6 rings (SSSR count). The molecule has 5 fully saturated rings. The minimum absolute atomic E-state index is 0.0127. The smallest absolute Gasteiger partial charge is 0.315 e. The number of amides is 2. The van der Waals surface area contributed by atoms with Crippen molar-refractivity contribution in [2.75, 3.05) is 12.4 Å². The van der Waals surface area contributed by atoms with Crippen LogP contribution < -0.4 is 10.6 Å². The molecule has 3 saturated carbocycles. The molecule has 10 heteroatoms. The summed E-state index contributed by atoms with van der Waals surface area (Å²) < 4.78 is 5.37. The van der Waals surface area contributed by atoms with E-state index in [1.807, 2.05) is 18.7 Å². The largest absolute Gasteiger partial charge is 0.458 e. The Kier molecular flexibility index (Phi) is 7.59. The second-order valence-electron chi connectivity index (χ2n) is 13.9. The van der Waals surface area contributed by atoms with Crippen LogP contribution in [0.5, 0.6) is 0 Å². The second-order valence-corrected chi connectivity index (χ2v) is 15.2. The lowest BCUT2D eigenvalue weighted by Crippen LogP contribution is -2.62. The van der Waals surface area contributed by atoms with Crippen molar-refractivity contribution in [3.63, 3.8) is 0 Å². The summed E-state index contributed by atoms with van der Waals surface area (Å²) in [5.74, 6) is 0.435. The van der Waals surface area contributed by atoms with Crippen LogP contribution in [0.4, 0.5) is 4.79 Å². The molecule has 2 aliphatic heterocycles. The number of hydrogen-bond donors (Lipinski definition) is 4. The molecule has 10 atom stereocenters. The molecule has 0 aromatic heterocycles. The van der Waals surface area contributed by atoms with Gasteiger partial charge in [-0.2, -0.15) is 11.8 Å². The topological polar surface area (TPSA) is 142 Å². The van der Waals surface area contributed by atoms with Gasteiger partial charge in [0.05, 0.1) is 18.2 Å². The summed E-state index contributed by atoms with van der Waals surface area (Å²) >= 11 is 1.84. The average molecular weight is 589 g/mol. The molecule has 2 amide bonds. The first-order valence-electron chi connectivity index (χ1n) is 15.5. The number of carbonyl (C=O) groups is 4. The third-order valence-electron chi connectivity index (χ3n) is 11.9. The molecule has 9 nitrogen and oxygen atoms in total. The Hall–Kier alpha value is -1.91. The number of carbonyl (C=O) groups excluding carboxylic acids is 4. The Labute approximate surface area is 246 Å². The second kappa shape index (κ2) is 10.7. The lowest BCUT2D eigenvalue weighted by molar-refractivity contribution is -0.184. The van der Waals surface area contributed by atoms with Crippen LogP contribution in [0.25, 0.3) is 0 Å². The zero-order valence-corrected chi connectivity index (χ0v) is 25.0. The molecule has 0 aromatic carbocycles. The molecule has 4 aliphatic carbocycles. The Bertz CT molecular complexity index is 1160. The molecular formula is C31H44N2O7S. The van der Waals surface area contributed by atoms with Gasteiger partial charge in [0, 0.05) is 29.3 Å². The number of ether oxygens (including phenoxy) is 1. The van der Waals surface area contributed by atoms with Crippen LogP contribution >= 0.6 is 11.8 Å². The maximum Gasteiger partial charge on any atom is 0.315 e. The summed E-state index contributed by atoms with van der Waals surface area (Å²) in [6, 6.07) is 0.220. The van der Waals surface area contributed by atoms with Crippen molar-refractivity contribution in [3.8, 4) is 0 Å². The van der Waals surface area contributed by atoms with Gasteiger partial charge in [-0.05, 0) is 80.6 Å². The van der Waals surface area contributed by atoms with Gasteiger partial charge >= 0.3 is 12.0 Å². The third-order valence-corrected chi connectivity index (χ3v) is 13.4. The van der Waals surface area contributed by atoms with Gasteiger partial charge in [-0.25, -0.2) is 4.79 Å². The highest BCUT2D eigenvalue weighted by Gasteiger charge is 2.68. The Morgan fingerprint density at radius 3 is 2.73 bits per heavy atom. The maximum atomic E-state index is 13.5. The van der Waals surface area contributed by atoms with E-state index < -0.39 is 35.5 Å². The van der Waals surface area contributed by atoms with E-state index in [1.165, 1.54) is 0 Å². The monoisotopic (exact) mass is 588 g/mol. The molecule has 41 heavy (non-hydrogen) atoms. The fraction of sp³-hybridized carbons (Fsp3) is 0.806. The van der Waals surface area contributed by atoms with Crippen LogP contribution in [0.1, 0.15) is 84.5 Å². The lowest BCUT2D eigenvalue weighted by atomic mass is 9.45. The molecule has 6 aliphatic rings. The van der Waals surface area contributed by atoms with Crippen LogP contribution in [0.3, 0.4) is 0 Å². The van der Waals surface area contributed by atoms with Crippen molar-refractivity contribution in [2.45, 2.75) is 114 Å². The van der Waals surface area contributed by atoms with E-state index in [2.05, 4.69) is 17.6 Å². The number of unbranched alkanes of at least 4 members (excludes halogenated alkanes) is 1. The van der Waals surface area contributed by atoms with E-state index in [4.69, 9.17) is 4.74 Å². The number of ketones is 2. The molecule has 4 N–H and O–H groups in total. The average Bonchev–Trinajstić information content (AvgIpc) is 3.56. The first-order chi connectivity index (χ1) is 19.5. The Morgan fingerprint density at radius 1 is 1.12 bits per heavy atom. The highest BCUT2D eigenvalue weighted by molar-refractivity contribution is 8.00. The first kappa shape index (κ1) is 29.2. The number of nitrogens with one attached hydrogen (secondary N) is 2. The maximum absolute atomic E-state index is 13.5. The van der Waals surface area contributed by atoms with Crippen molar-refractivity contribution < 1.29 is 34.1 Å². The van der Waals surface area contributed by atoms with Crippen molar-refractivity contribution in [2.24, 2.45) is 28.6 Å². The molecular weight excluding hydrogens is 544 g/mol. The zero-order valence-electron chi connectivity index (χ0n) is 24.2. The molecule has 0 bridgehead atoms. The number of aliphatic hydroxyl groups is 2. The van der Waals surface area contributed by atoms with Crippen LogP contribution in [0.15, 0.2) is 11.6 Å². The minimum atomic E-state index is -1.64. The number of fused-ring (bicyclic) bond motifs is 6. The van der Waals surface area contributed by atoms with Crippen molar-refractivity contribution in [3.05, 3.63) is 11.6 Å². The highest BCUT2D eigenvalue weighted by atomic mass is 32.2. The quantitative estimate of drug-likeness (QED) is 0.193. The number of Topliss-reactive ketones (excluding diaryl/α,β-unsaturated/α-hetero) is 1. The molecule has 0 spiro atoms. The standard InChI is InChI=1S/C31H44N2O7S/c1-29-11-9-18(34)13-17(29)7-8-19-20-10-12-31(39,30(20,2)14-22(35)26(19)29)24(36)15-40-25(37)6-4-3-5-23-27-21(16-41-23)32-28(38)33-27/h13,19-23,26-27,35,39H,3-12,14-16H2,1-2H3,(H2,32,33,38)/t19-,20-,21-,22-,23-,26+,27-,29-,30-,31-/m0/s1. The van der Waals surface area contributed by atoms with E-state index in [0.717, 1.165) is 43.4 Å². The van der Waals surface area contributed by atoms with Crippen molar-refractivity contribution in [1.29, 1.82) is 0 Å². The summed E-state index contributed by atoms with van der Waals surface area (Å²) in [5.41, 5.74) is -1.50. The third kappa shape index (κ3) is 4.76. The van der Waals surface area contributed by atoms with Gasteiger partial charge in [-0.1, -0.05) is 25.8 Å². The highest BCUT2D eigenvalue weighted by Crippen LogP contribution is 2.67. The van der Waals surface area contributed by atoms with E-state index in [1.54, 1.807) is 6.08 Å². The molecule has 2 heterocycles. The molecule has 0 radical (unpaired) electrons. The normalized spacial score (nSPS) is 44.6. The fourth-order valence-corrected chi connectivity index (χ4v) is 11.3. The number of rotatable bonds is 8. The lowest BCUT2D eigenvalue weighted by Gasteiger charge is -2.60. The van der Waals surface area contributed by atoms with Gasteiger partial charge < -0.3 is 25.6 Å². The fourth-order valence-electron chi connectivity index (χ4n) is 9.75. The van der Waals surface area contributed by atoms with Gasteiger partial charge in [-0.3, -0.25) is 14.4 Å².